The van der Waals surface area contributed by atoms with E-state index in [1.807, 2.05) is 6.26 Å². The number of ether oxygens (including phenoxy) is 1. The Morgan fingerprint density at radius 1 is 1.44 bits per heavy atom. The van der Waals surface area contributed by atoms with Gasteiger partial charge in [0.15, 0.2) is 11.2 Å². The molecule has 1 saturated heterocycles. The van der Waals surface area contributed by atoms with Gasteiger partial charge in [-0.3, -0.25) is 4.79 Å². The smallest absolute Gasteiger partial charge is 0.181 e. The highest BCUT2D eigenvalue weighted by Crippen LogP contribution is 2.50. The van der Waals surface area contributed by atoms with Crippen LogP contribution in [0, 0.1) is 11.8 Å². The van der Waals surface area contributed by atoms with Gasteiger partial charge in [0.2, 0.25) is 0 Å². The van der Waals surface area contributed by atoms with Crippen molar-refractivity contribution in [2.24, 2.45) is 11.8 Å². The number of carbonyl (C=O) groups excluding carboxylic acids is 1. The van der Waals surface area contributed by atoms with Crippen LogP contribution in [0.15, 0.2) is 0 Å². The van der Waals surface area contributed by atoms with Crippen LogP contribution < -0.4 is 0 Å². The van der Waals surface area contributed by atoms with Crippen LogP contribution in [0.2, 0.25) is 0 Å². The Balaban J connectivity index is 2.09. The second-order valence-corrected chi connectivity index (χ2v) is 8.73. The number of hydrogen-bond acceptors (Lipinski definition) is 4. The topological polar surface area (TPSA) is 26.3 Å². The zero-order chi connectivity index (χ0) is 13.3. The third-order valence-electron chi connectivity index (χ3n) is 4.21. The number of carbonyl (C=O) groups is 1. The molecule has 1 aliphatic carbocycles. The SMILES string of the molecule is CSCC(=O)[C@@H]1O[C@@H]2C[C@H](C)CC[C@@H]2C(C)(C)S1. The summed E-state index contributed by atoms with van der Waals surface area (Å²) in [4.78, 5) is 12.1. The summed E-state index contributed by atoms with van der Waals surface area (Å²) in [5.41, 5.74) is -0.237. The Morgan fingerprint density at radius 2 is 2.17 bits per heavy atom. The molecule has 1 aliphatic heterocycles. The normalized spacial score (nSPS) is 39.1. The molecule has 4 heteroatoms. The molecule has 0 aromatic carbocycles. The van der Waals surface area contributed by atoms with Gasteiger partial charge in [-0.1, -0.05) is 27.2 Å². The van der Waals surface area contributed by atoms with Gasteiger partial charge in [0.25, 0.3) is 0 Å². The van der Waals surface area contributed by atoms with Crippen LogP contribution >= 0.6 is 23.5 Å². The van der Waals surface area contributed by atoms with Crippen molar-refractivity contribution in [3.8, 4) is 0 Å². The monoisotopic (exact) mass is 288 g/mol. The molecule has 0 bridgehead atoms. The third-order valence-corrected chi connectivity index (χ3v) is 6.28. The molecule has 0 spiro atoms. The van der Waals surface area contributed by atoms with Gasteiger partial charge < -0.3 is 4.74 Å². The first-order chi connectivity index (χ1) is 8.44. The first-order valence-corrected chi connectivity index (χ1v) is 9.06. The summed E-state index contributed by atoms with van der Waals surface area (Å²) in [5, 5.41) is 0. The summed E-state index contributed by atoms with van der Waals surface area (Å²) in [7, 11) is 0. The number of rotatable bonds is 3. The number of Topliss-reactive ketones (excluding diaryl/α,β-unsaturated/α-hetero) is 1. The lowest BCUT2D eigenvalue weighted by molar-refractivity contribution is -0.131. The molecule has 0 aromatic heterocycles. The van der Waals surface area contributed by atoms with Gasteiger partial charge in [-0.05, 0) is 30.9 Å². The molecule has 2 aliphatic rings. The summed E-state index contributed by atoms with van der Waals surface area (Å²) in [6.45, 7) is 6.87. The Morgan fingerprint density at radius 3 is 2.83 bits per heavy atom. The van der Waals surface area contributed by atoms with E-state index in [9.17, 15) is 4.79 Å². The minimum Gasteiger partial charge on any atom is -0.356 e. The van der Waals surface area contributed by atoms with Crippen LogP contribution in [-0.2, 0) is 9.53 Å². The minimum atomic E-state index is -0.237. The van der Waals surface area contributed by atoms with Crippen molar-refractivity contribution in [2.75, 3.05) is 12.0 Å². The molecule has 1 heterocycles. The van der Waals surface area contributed by atoms with Crippen molar-refractivity contribution in [2.45, 2.75) is 56.3 Å². The zero-order valence-electron chi connectivity index (χ0n) is 11.8. The molecule has 1 saturated carbocycles. The minimum absolute atomic E-state index is 0.168. The molecule has 104 valence electrons. The second-order valence-electron chi connectivity index (χ2n) is 6.15. The van der Waals surface area contributed by atoms with Crippen molar-refractivity contribution in [3.63, 3.8) is 0 Å². The van der Waals surface area contributed by atoms with Crippen LogP contribution in [0.3, 0.4) is 0 Å². The Kier molecular flexibility index (Phi) is 4.71. The van der Waals surface area contributed by atoms with E-state index in [1.165, 1.54) is 12.8 Å². The van der Waals surface area contributed by atoms with Crippen LogP contribution in [0.5, 0.6) is 0 Å². The van der Waals surface area contributed by atoms with Gasteiger partial charge in [0, 0.05) is 4.75 Å². The Hall–Kier alpha value is 0.330. The first kappa shape index (κ1) is 14.7. The van der Waals surface area contributed by atoms with E-state index < -0.39 is 0 Å². The fourth-order valence-corrected chi connectivity index (χ4v) is 5.13. The molecule has 2 fully saturated rings. The summed E-state index contributed by atoms with van der Waals surface area (Å²) in [5.74, 6) is 2.16. The lowest BCUT2D eigenvalue weighted by atomic mass is 9.75. The van der Waals surface area contributed by atoms with Crippen LogP contribution in [0.25, 0.3) is 0 Å². The first-order valence-electron chi connectivity index (χ1n) is 6.79. The van der Waals surface area contributed by atoms with E-state index in [-0.39, 0.29) is 16.0 Å². The molecular weight excluding hydrogens is 264 g/mol. The number of hydrogen-bond donors (Lipinski definition) is 0. The standard InChI is InChI=1S/C14H24O2S2/c1-9-5-6-10-12(7-9)16-13(11(15)8-17-4)18-14(10,2)3/h9-10,12-13H,5-8H2,1-4H3/t9-,10+,12-,13-/m1/s1. The molecule has 0 aromatic rings. The fraction of sp³-hybridized carbons (Fsp3) is 0.929. The summed E-state index contributed by atoms with van der Waals surface area (Å²) in [6.07, 6.45) is 5.94. The van der Waals surface area contributed by atoms with Crippen LogP contribution in [-0.4, -0.2) is 34.1 Å². The van der Waals surface area contributed by atoms with E-state index >= 15 is 0 Å². The lowest BCUT2D eigenvalue weighted by Gasteiger charge is -2.49. The average Bonchev–Trinajstić information content (AvgIpc) is 2.27. The molecule has 18 heavy (non-hydrogen) atoms. The van der Waals surface area contributed by atoms with Gasteiger partial charge in [-0.15, -0.1) is 11.8 Å². The lowest BCUT2D eigenvalue weighted by Crippen LogP contribution is -2.50. The van der Waals surface area contributed by atoms with Gasteiger partial charge in [0.1, 0.15) is 0 Å². The summed E-state index contributed by atoms with van der Waals surface area (Å²) < 4.78 is 6.28. The van der Waals surface area contributed by atoms with E-state index in [0.29, 0.717) is 17.8 Å². The molecule has 0 radical (unpaired) electrons. The van der Waals surface area contributed by atoms with Gasteiger partial charge in [-0.2, -0.15) is 11.8 Å². The highest BCUT2D eigenvalue weighted by atomic mass is 32.2. The second kappa shape index (κ2) is 5.76. The van der Waals surface area contributed by atoms with E-state index in [1.54, 1.807) is 23.5 Å². The fourth-order valence-electron chi connectivity index (χ4n) is 3.18. The van der Waals surface area contributed by atoms with E-state index in [4.69, 9.17) is 4.74 Å². The quantitative estimate of drug-likeness (QED) is 0.793. The van der Waals surface area contributed by atoms with Crippen molar-refractivity contribution in [1.29, 1.82) is 0 Å². The predicted octanol–water partition coefficient (Wildman–Crippen LogP) is 3.59. The van der Waals surface area contributed by atoms with E-state index in [2.05, 4.69) is 20.8 Å². The van der Waals surface area contributed by atoms with Gasteiger partial charge >= 0.3 is 0 Å². The van der Waals surface area contributed by atoms with Crippen molar-refractivity contribution >= 4 is 29.3 Å². The number of thioether (sulfide) groups is 2. The van der Waals surface area contributed by atoms with Crippen LogP contribution in [0.1, 0.15) is 40.0 Å². The number of ketones is 1. The number of fused-ring (bicyclic) bond motifs is 1. The maximum Gasteiger partial charge on any atom is 0.181 e. The third kappa shape index (κ3) is 3.07. The largest absolute Gasteiger partial charge is 0.356 e. The zero-order valence-corrected chi connectivity index (χ0v) is 13.4. The maximum absolute atomic E-state index is 12.1. The summed E-state index contributed by atoms with van der Waals surface area (Å²) in [6, 6.07) is 0. The molecular formula is C14H24O2S2. The molecule has 0 unspecified atom stereocenters. The Bertz CT molecular complexity index is 317. The van der Waals surface area contributed by atoms with Crippen molar-refractivity contribution in [3.05, 3.63) is 0 Å². The molecule has 4 atom stereocenters. The highest BCUT2D eigenvalue weighted by Gasteiger charge is 2.47. The van der Waals surface area contributed by atoms with E-state index in [0.717, 1.165) is 12.3 Å². The van der Waals surface area contributed by atoms with Crippen molar-refractivity contribution < 1.29 is 9.53 Å². The molecule has 2 nitrogen and oxygen atoms in total. The molecule has 0 amide bonds. The van der Waals surface area contributed by atoms with Gasteiger partial charge in [0.05, 0.1) is 11.9 Å². The molecule has 0 N–H and O–H groups in total. The van der Waals surface area contributed by atoms with Gasteiger partial charge in [-0.25, -0.2) is 0 Å². The molecule has 2 rings (SSSR count). The Labute approximate surface area is 119 Å². The average molecular weight is 288 g/mol. The van der Waals surface area contributed by atoms with Crippen molar-refractivity contribution in [1.82, 2.24) is 0 Å². The maximum atomic E-state index is 12.1. The van der Waals surface area contributed by atoms with Crippen LogP contribution in [0.4, 0.5) is 0 Å². The summed E-state index contributed by atoms with van der Waals surface area (Å²) >= 11 is 3.33. The predicted molar refractivity (Wildman–Crippen MR) is 80.2 cm³/mol. The highest BCUT2D eigenvalue weighted by molar-refractivity contribution is 8.02.